The second kappa shape index (κ2) is 51.1. The Morgan fingerprint density at radius 1 is 0.550 bits per heavy atom. The van der Waals surface area contributed by atoms with Crippen LogP contribution in [0.3, 0.4) is 0 Å². The molecule has 0 radical (unpaired) electrons. The van der Waals surface area contributed by atoms with Crippen LogP contribution in [-0.4, -0.2) is 0 Å². The molecule has 0 bridgehead atoms. The molecule has 0 saturated carbocycles. The molecule has 0 aliphatic heterocycles. The average molecular weight is 289 g/mol. The monoisotopic (exact) mass is 288 g/mol. The smallest absolute Gasteiger partial charge is 0.0445 e. The van der Waals surface area contributed by atoms with Gasteiger partial charge in [0.25, 0.3) is 0 Å². The summed E-state index contributed by atoms with van der Waals surface area (Å²) in [6.45, 7) is 24.4. The minimum Gasteiger partial charge on any atom is -0.100 e. The average Bonchev–Trinajstić information content (AvgIpc) is 2.45. The molecule has 20 heavy (non-hydrogen) atoms. The summed E-state index contributed by atoms with van der Waals surface area (Å²) in [5.41, 5.74) is 1.17. The first-order valence-electron chi connectivity index (χ1n) is 9.18. The SMILES string of the molecule is C=C(C)C.CC.CC.CCCCC.CCCCCCC. The van der Waals surface area contributed by atoms with Crippen LogP contribution in [0.25, 0.3) is 0 Å². The standard InChI is InChI=1S/C7H16.C5H12.C4H8.2C2H6/c1-3-5-7-6-4-2;1-3-5-4-2;1-4(2)3;2*1-2/h3-7H2,1-2H3;3-5H2,1-2H3;1H2,2-3H3;2*1-2H3. The molecule has 128 valence electrons. The Kier molecular flexibility index (Phi) is 81.6. The van der Waals surface area contributed by atoms with E-state index in [1.54, 1.807) is 0 Å². The van der Waals surface area contributed by atoms with Gasteiger partial charge in [-0.1, -0.05) is 112 Å². The van der Waals surface area contributed by atoms with Crippen LogP contribution in [0.5, 0.6) is 0 Å². The van der Waals surface area contributed by atoms with Crippen molar-refractivity contribution in [3.8, 4) is 0 Å². The molecule has 0 rings (SSSR count). The third-order valence-corrected chi connectivity index (χ3v) is 1.91. The van der Waals surface area contributed by atoms with E-state index < -0.39 is 0 Å². The van der Waals surface area contributed by atoms with Gasteiger partial charge in [0.2, 0.25) is 0 Å². The van der Waals surface area contributed by atoms with Gasteiger partial charge in [-0.3, -0.25) is 0 Å². The van der Waals surface area contributed by atoms with Crippen molar-refractivity contribution in [2.45, 2.75) is 121 Å². The molecule has 0 aromatic heterocycles. The van der Waals surface area contributed by atoms with Crippen LogP contribution in [0.4, 0.5) is 0 Å². The number of unbranched alkanes of at least 4 members (excludes halogenated alkanes) is 6. The Morgan fingerprint density at radius 3 is 0.850 bits per heavy atom. The van der Waals surface area contributed by atoms with Crippen LogP contribution in [0.2, 0.25) is 0 Å². The van der Waals surface area contributed by atoms with Crippen molar-refractivity contribution in [1.29, 1.82) is 0 Å². The van der Waals surface area contributed by atoms with E-state index in [0.29, 0.717) is 0 Å². The zero-order chi connectivity index (χ0) is 17.2. The molecule has 0 aliphatic rings. The third-order valence-electron chi connectivity index (χ3n) is 1.91. The summed E-state index contributed by atoms with van der Waals surface area (Å²) in [5, 5.41) is 0. The van der Waals surface area contributed by atoms with Crippen LogP contribution in [0, 0.1) is 0 Å². The summed E-state index contributed by atoms with van der Waals surface area (Å²) >= 11 is 0. The first-order chi connectivity index (χ1) is 9.56. The van der Waals surface area contributed by atoms with Crippen LogP contribution in [0.15, 0.2) is 12.2 Å². The van der Waals surface area contributed by atoms with Gasteiger partial charge in [0.1, 0.15) is 0 Å². The van der Waals surface area contributed by atoms with Gasteiger partial charge in [-0.15, -0.1) is 6.58 Å². The maximum Gasteiger partial charge on any atom is -0.0445 e. The molecular weight excluding hydrogens is 240 g/mol. The largest absolute Gasteiger partial charge is 0.100 e. The molecule has 0 aliphatic carbocycles. The first-order valence-corrected chi connectivity index (χ1v) is 9.18. The maximum atomic E-state index is 3.56. The van der Waals surface area contributed by atoms with Crippen molar-refractivity contribution < 1.29 is 0 Å². The summed E-state index contributed by atoms with van der Waals surface area (Å²) < 4.78 is 0. The minimum absolute atomic E-state index is 1.17. The lowest BCUT2D eigenvalue weighted by Crippen LogP contribution is -1.70. The quantitative estimate of drug-likeness (QED) is 0.338. The zero-order valence-corrected chi connectivity index (χ0v) is 16.9. The highest BCUT2D eigenvalue weighted by Gasteiger charge is 1.80. The molecule has 0 spiro atoms. The van der Waals surface area contributed by atoms with Gasteiger partial charge in [-0.2, -0.15) is 0 Å². The van der Waals surface area contributed by atoms with Crippen molar-refractivity contribution >= 4 is 0 Å². The second-order valence-electron chi connectivity index (χ2n) is 4.62. The molecule has 0 N–H and O–H groups in total. The highest BCUT2D eigenvalue weighted by molar-refractivity contribution is 4.78. The second-order valence-corrected chi connectivity index (χ2v) is 4.62. The van der Waals surface area contributed by atoms with Crippen molar-refractivity contribution in [1.82, 2.24) is 0 Å². The molecule has 0 aromatic carbocycles. The van der Waals surface area contributed by atoms with E-state index in [9.17, 15) is 0 Å². The number of hydrogen-bond donors (Lipinski definition) is 0. The summed E-state index contributed by atoms with van der Waals surface area (Å²) in [6, 6.07) is 0. The predicted molar refractivity (Wildman–Crippen MR) is 103 cm³/mol. The van der Waals surface area contributed by atoms with Gasteiger partial charge in [0.05, 0.1) is 0 Å². The van der Waals surface area contributed by atoms with Crippen molar-refractivity contribution in [2.75, 3.05) is 0 Å². The number of hydrogen-bond acceptors (Lipinski definition) is 0. The van der Waals surface area contributed by atoms with E-state index in [0.717, 1.165) is 0 Å². The van der Waals surface area contributed by atoms with E-state index in [2.05, 4.69) is 34.3 Å². The lowest BCUT2D eigenvalue weighted by atomic mass is 10.2. The van der Waals surface area contributed by atoms with Gasteiger partial charge >= 0.3 is 0 Å². The Hall–Kier alpha value is -0.260. The van der Waals surface area contributed by atoms with Crippen LogP contribution < -0.4 is 0 Å². The Balaban J connectivity index is -0.0000000513. The van der Waals surface area contributed by atoms with Gasteiger partial charge in [0.15, 0.2) is 0 Å². The molecule has 0 unspecified atom stereocenters. The van der Waals surface area contributed by atoms with Crippen LogP contribution >= 0.6 is 0 Å². The summed E-state index contributed by atoms with van der Waals surface area (Å²) in [7, 11) is 0. The molecule has 0 heterocycles. The highest BCUT2D eigenvalue weighted by Crippen LogP contribution is 2.00. The minimum atomic E-state index is 1.17. The Morgan fingerprint density at radius 2 is 0.750 bits per heavy atom. The predicted octanol–water partition coefficient (Wildman–Crippen LogP) is 8.81. The molecule has 0 aromatic rings. The summed E-state index contributed by atoms with van der Waals surface area (Å²) in [4.78, 5) is 0. The fourth-order valence-electron chi connectivity index (χ4n) is 1.03. The highest BCUT2D eigenvalue weighted by atomic mass is 13.9. The normalized spacial score (nSPS) is 7.30. The Labute approximate surface area is 133 Å². The molecule has 0 fully saturated rings. The number of rotatable bonds is 6. The molecular formula is C20H48. The molecule has 0 atom stereocenters. The maximum absolute atomic E-state index is 3.56. The van der Waals surface area contributed by atoms with Gasteiger partial charge in [-0.25, -0.2) is 0 Å². The topological polar surface area (TPSA) is 0 Å². The molecule has 0 saturated heterocycles. The third kappa shape index (κ3) is 151. The molecule has 0 heteroatoms. The fraction of sp³-hybridized carbons (Fsp3) is 0.900. The number of allylic oxidation sites excluding steroid dienone is 1. The molecule has 0 amide bonds. The Bertz CT molecular complexity index is 92.6. The van der Waals surface area contributed by atoms with E-state index in [-0.39, 0.29) is 0 Å². The van der Waals surface area contributed by atoms with E-state index in [1.807, 2.05) is 41.5 Å². The first kappa shape index (κ1) is 31.9. The lowest BCUT2D eigenvalue weighted by molar-refractivity contribution is 0.656. The summed E-state index contributed by atoms with van der Waals surface area (Å²) in [6.07, 6.45) is 11.1. The zero-order valence-electron chi connectivity index (χ0n) is 16.9. The summed E-state index contributed by atoms with van der Waals surface area (Å²) in [5.74, 6) is 0. The lowest BCUT2D eigenvalue weighted by Gasteiger charge is -1.90. The fourth-order valence-corrected chi connectivity index (χ4v) is 1.03. The van der Waals surface area contributed by atoms with Crippen molar-refractivity contribution in [3.05, 3.63) is 12.2 Å². The van der Waals surface area contributed by atoms with Gasteiger partial charge in [-0.05, 0) is 13.8 Å². The van der Waals surface area contributed by atoms with Crippen molar-refractivity contribution in [3.63, 3.8) is 0 Å². The van der Waals surface area contributed by atoms with Crippen LogP contribution in [0.1, 0.15) is 121 Å². The van der Waals surface area contributed by atoms with Crippen molar-refractivity contribution in [2.24, 2.45) is 0 Å². The molecule has 0 nitrogen and oxygen atoms in total. The van der Waals surface area contributed by atoms with E-state index in [4.69, 9.17) is 0 Å². The van der Waals surface area contributed by atoms with E-state index in [1.165, 1.54) is 56.9 Å². The van der Waals surface area contributed by atoms with Gasteiger partial charge in [0, 0.05) is 0 Å². The van der Waals surface area contributed by atoms with E-state index >= 15 is 0 Å². The van der Waals surface area contributed by atoms with Gasteiger partial charge < -0.3 is 0 Å². The van der Waals surface area contributed by atoms with Crippen LogP contribution in [-0.2, 0) is 0 Å².